The highest BCUT2D eigenvalue weighted by Gasteiger charge is 2.35. The summed E-state index contributed by atoms with van der Waals surface area (Å²) in [6, 6.07) is 5.49. The van der Waals surface area contributed by atoms with Gasteiger partial charge in [-0.05, 0) is 29.7 Å². The minimum Gasteiger partial charge on any atom is -0.339 e. The molecule has 1 aliphatic rings. The predicted octanol–water partition coefficient (Wildman–Crippen LogP) is 1.55. The lowest BCUT2D eigenvalue weighted by Crippen LogP contribution is -2.56. The molecule has 1 heterocycles. The van der Waals surface area contributed by atoms with Crippen LogP contribution in [0.25, 0.3) is 0 Å². The highest BCUT2D eigenvalue weighted by Crippen LogP contribution is 2.22. The van der Waals surface area contributed by atoms with Gasteiger partial charge in [0.25, 0.3) is 0 Å². The van der Waals surface area contributed by atoms with Crippen molar-refractivity contribution in [3.8, 4) is 0 Å². The van der Waals surface area contributed by atoms with Crippen LogP contribution >= 0.6 is 11.6 Å². The average Bonchev–Trinajstić information content (AvgIpc) is 2.53. The number of halogens is 1. The van der Waals surface area contributed by atoms with Gasteiger partial charge in [-0.2, -0.15) is 4.31 Å². The Balaban J connectivity index is 2.04. The summed E-state index contributed by atoms with van der Waals surface area (Å²) < 4.78 is 26.6. The largest absolute Gasteiger partial charge is 0.339 e. The number of piperazine rings is 1. The summed E-state index contributed by atoms with van der Waals surface area (Å²) in [6.07, 6.45) is 0. The minimum absolute atomic E-state index is 0.133. The van der Waals surface area contributed by atoms with Crippen molar-refractivity contribution >= 4 is 27.5 Å². The van der Waals surface area contributed by atoms with Crippen molar-refractivity contribution in [3.63, 3.8) is 0 Å². The molecule has 1 amide bonds. The van der Waals surface area contributed by atoms with Gasteiger partial charge in [0.1, 0.15) is 0 Å². The van der Waals surface area contributed by atoms with E-state index in [9.17, 15) is 13.2 Å². The normalized spacial score (nSPS) is 18.5. The molecular formula is C16H24ClN3O3S. The molecule has 2 N–H and O–H groups in total. The van der Waals surface area contributed by atoms with Crippen molar-refractivity contribution < 1.29 is 13.2 Å². The van der Waals surface area contributed by atoms with Gasteiger partial charge in [0, 0.05) is 31.2 Å². The summed E-state index contributed by atoms with van der Waals surface area (Å²) in [5, 5.41) is 0.487. The highest BCUT2D eigenvalue weighted by molar-refractivity contribution is 7.89. The smallest absolute Gasteiger partial charge is 0.243 e. The second-order valence-electron chi connectivity index (χ2n) is 7.03. The first kappa shape index (κ1) is 19.2. The molecule has 1 aliphatic heterocycles. The fourth-order valence-electron chi connectivity index (χ4n) is 2.47. The first-order valence-corrected chi connectivity index (χ1v) is 9.65. The topological polar surface area (TPSA) is 83.7 Å². The molecular weight excluding hydrogens is 350 g/mol. The third-order valence-corrected chi connectivity index (χ3v) is 6.37. The molecule has 0 saturated carbocycles. The lowest BCUT2D eigenvalue weighted by molar-refractivity contribution is -0.136. The molecule has 0 radical (unpaired) electrons. The summed E-state index contributed by atoms with van der Waals surface area (Å²) in [7, 11) is -3.57. The number of nitrogens with zero attached hydrogens (tertiary/aromatic N) is 2. The van der Waals surface area contributed by atoms with Crippen LogP contribution in [0.2, 0.25) is 5.02 Å². The van der Waals surface area contributed by atoms with Crippen LogP contribution in [0.3, 0.4) is 0 Å². The Bertz CT molecular complexity index is 690. The highest BCUT2D eigenvalue weighted by atomic mass is 35.5. The fraction of sp³-hybridized carbons (Fsp3) is 0.562. The Morgan fingerprint density at radius 3 is 2.08 bits per heavy atom. The van der Waals surface area contributed by atoms with Gasteiger partial charge in [0.05, 0.1) is 10.9 Å². The van der Waals surface area contributed by atoms with Gasteiger partial charge in [-0.15, -0.1) is 0 Å². The standard InChI is InChI=1S/C16H24ClN3O3S/c1-16(2,3)14(18)15(21)19-8-10-20(11-9-19)24(22,23)13-6-4-12(17)5-7-13/h4-7,14H,8-11,18H2,1-3H3/t14-/m1/s1. The van der Waals surface area contributed by atoms with Gasteiger partial charge in [-0.25, -0.2) is 8.42 Å². The Hall–Kier alpha value is -1.15. The first-order chi connectivity index (χ1) is 11.0. The van der Waals surface area contributed by atoms with Crippen LogP contribution in [0.1, 0.15) is 20.8 Å². The molecule has 1 atom stereocenters. The fourth-order valence-corrected chi connectivity index (χ4v) is 4.02. The molecule has 134 valence electrons. The van der Waals surface area contributed by atoms with Gasteiger partial charge in [0.15, 0.2) is 0 Å². The SMILES string of the molecule is CC(C)(C)[C@H](N)C(=O)N1CCN(S(=O)(=O)c2ccc(Cl)cc2)CC1. The van der Waals surface area contributed by atoms with E-state index < -0.39 is 16.1 Å². The molecule has 0 spiro atoms. The Labute approximate surface area is 148 Å². The molecule has 24 heavy (non-hydrogen) atoms. The zero-order valence-electron chi connectivity index (χ0n) is 14.2. The summed E-state index contributed by atoms with van der Waals surface area (Å²) in [5.74, 6) is -0.133. The lowest BCUT2D eigenvalue weighted by atomic mass is 9.86. The van der Waals surface area contributed by atoms with E-state index in [2.05, 4.69) is 0 Å². The maximum atomic E-state index is 12.6. The van der Waals surface area contributed by atoms with Gasteiger partial charge >= 0.3 is 0 Å². The second kappa shape index (κ2) is 7.00. The Kier molecular flexibility index (Phi) is 5.59. The van der Waals surface area contributed by atoms with E-state index in [-0.39, 0.29) is 29.3 Å². The Morgan fingerprint density at radius 1 is 1.12 bits per heavy atom. The number of benzene rings is 1. The third kappa shape index (κ3) is 4.08. The minimum atomic E-state index is -3.57. The van der Waals surface area contributed by atoms with Gasteiger partial charge in [0.2, 0.25) is 15.9 Å². The number of carbonyl (C=O) groups excluding carboxylic acids is 1. The number of sulfonamides is 1. The zero-order chi connectivity index (χ0) is 18.1. The molecule has 8 heteroatoms. The molecule has 0 aromatic heterocycles. The molecule has 1 aromatic rings. The van der Waals surface area contributed by atoms with Gasteiger partial charge < -0.3 is 10.6 Å². The van der Waals surface area contributed by atoms with E-state index in [4.69, 9.17) is 17.3 Å². The van der Waals surface area contributed by atoms with E-state index in [1.165, 1.54) is 16.4 Å². The number of rotatable bonds is 3. The van der Waals surface area contributed by atoms with E-state index >= 15 is 0 Å². The van der Waals surface area contributed by atoms with Crippen molar-refractivity contribution in [1.82, 2.24) is 9.21 Å². The van der Waals surface area contributed by atoms with Crippen LogP contribution < -0.4 is 5.73 Å². The van der Waals surface area contributed by atoms with E-state index in [1.807, 2.05) is 20.8 Å². The quantitative estimate of drug-likeness (QED) is 0.871. The van der Waals surface area contributed by atoms with Crippen LogP contribution in [0.4, 0.5) is 0 Å². The number of amides is 1. The van der Waals surface area contributed by atoms with Crippen LogP contribution in [-0.4, -0.2) is 55.8 Å². The summed E-state index contributed by atoms with van der Waals surface area (Å²) in [5.41, 5.74) is 5.69. The van der Waals surface area contributed by atoms with Gasteiger partial charge in [-0.3, -0.25) is 4.79 Å². The van der Waals surface area contributed by atoms with Crippen LogP contribution in [0.5, 0.6) is 0 Å². The maximum Gasteiger partial charge on any atom is 0.243 e. The number of carbonyl (C=O) groups is 1. The maximum absolute atomic E-state index is 12.6. The van der Waals surface area contributed by atoms with Crippen molar-refractivity contribution in [3.05, 3.63) is 29.3 Å². The molecule has 1 aromatic carbocycles. The summed E-state index contributed by atoms with van der Waals surface area (Å²) in [4.78, 5) is 14.3. The van der Waals surface area contributed by atoms with Crippen molar-refractivity contribution in [1.29, 1.82) is 0 Å². The lowest BCUT2D eigenvalue weighted by Gasteiger charge is -2.37. The van der Waals surface area contributed by atoms with E-state index in [0.29, 0.717) is 18.1 Å². The molecule has 0 bridgehead atoms. The number of hydrogen-bond acceptors (Lipinski definition) is 4. The van der Waals surface area contributed by atoms with Crippen molar-refractivity contribution in [2.45, 2.75) is 31.7 Å². The number of hydrogen-bond donors (Lipinski definition) is 1. The van der Waals surface area contributed by atoms with Crippen molar-refractivity contribution in [2.24, 2.45) is 11.1 Å². The summed E-state index contributed by atoms with van der Waals surface area (Å²) in [6.45, 7) is 6.94. The first-order valence-electron chi connectivity index (χ1n) is 7.83. The molecule has 6 nitrogen and oxygen atoms in total. The molecule has 0 aliphatic carbocycles. The molecule has 0 unspecified atom stereocenters. The summed E-state index contributed by atoms with van der Waals surface area (Å²) >= 11 is 5.80. The van der Waals surface area contributed by atoms with Crippen LogP contribution in [-0.2, 0) is 14.8 Å². The van der Waals surface area contributed by atoms with Gasteiger partial charge in [-0.1, -0.05) is 32.4 Å². The second-order valence-corrected chi connectivity index (χ2v) is 9.40. The monoisotopic (exact) mass is 373 g/mol. The Morgan fingerprint density at radius 2 is 1.62 bits per heavy atom. The predicted molar refractivity (Wildman–Crippen MR) is 94.2 cm³/mol. The van der Waals surface area contributed by atoms with Crippen LogP contribution in [0.15, 0.2) is 29.2 Å². The van der Waals surface area contributed by atoms with Crippen molar-refractivity contribution in [2.75, 3.05) is 26.2 Å². The van der Waals surface area contributed by atoms with E-state index in [0.717, 1.165) is 0 Å². The zero-order valence-corrected chi connectivity index (χ0v) is 15.8. The molecule has 1 fully saturated rings. The number of nitrogens with two attached hydrogens (primary N) is 1. The third-order valence-electron chi connectivity index (χ3n) is 4.20. The molecule has 1 saturated heterocycles. The van der Waals surface area contributed by atoms with E-state index in [1.54, 1.807) is 17.0 Å². The van der Waals surface area contributed by atoms with Crippen LogP contribution in [0, 0.1) is 5.41 Å². The average molecular weight is 374 g/mol. The molecule has 2 rings (SSSR count).